The lowest BCUT2D eigenvalue weighted by molar-refractivity contribution is 0.103. The molecular formula is C20H17N3O2S. The Morgan fingerprint density at radius 2 is 1.96 bits per heavy atom. The van der Waals surface area contributed by atoms with Gasteiger partial charge in [0, 0.05) is 11.1 Å². The lowest BCUT2D eigenvalue weighted by atomic mass is 10.1. The summed E-state index contributed by atoms with van der Waals surface area (Å²) in [5.74, 6) is 0.375. The smallest absolute Gasteiger partial charge is 0.266 e. The molecule has 0 spiro atoms. The van der Waals surface area contributed by atoms with Crippen LogP contribution >= 0.6 is 11.3 Å². The van der Waals surface area contributed by atoms with E-state index in [2.05, 4.69) is 15.3 Å². The van der Waals surface area contributed by atoms with Crippen LogP contribution in [0.25, 0.3) is 21.0 Å². The summed E-state index contributed by atoms with van der Waals surface area (Å²) in [7, 11) is 0. The molecule has 0 bridgehead atoms. The molecule has 2 aromatic heterocycles. The minimum atomic E-state index is -0.149. The first-order valence-electron chi connectivity index (χ1n) is 8.35. The standard InChI is InChI=1S/C20H17N3O2S/c1-3-25-19-16-12(2)17(26-20(16)22-11-21-19)18(24)23-15-10-6-8-13-7-4-5-9-14(13)15/h4-11H,3H2,1-2H3,(H,23,24). The van der Waals surface area contributed by atoms with E-state index in [4.69, 9.17) is 4.74 Å². The van der Waals surface area contributed by atoms with E-state index in [1.165, 1.54) is 17.7 Å². The van der Waals surface area contributed by atoms with Gasteiger partial charge in [-0.05, 0) is 30.9 Å². The van der Waals surface area contributed by atoms with Gasteiger partial charge in [-0.3, -0.25) is 4.79 Å². The van der Waals surface area contributed by atoms with Gasteiger partial charge in [0.1, 0.15) is 11.2 Å². The number of benzene rings is 2. The second kappa shape index (κ2) is 6.72. The average Bonchev–Trinajstić information content (AvgIpc) is 3.00. The minimum absolute atomic E-state index is 0.149. The maximum atomic E-state index is 12.9. The maximum Gasteiger partial charge on any atom is 0.266 e. The molecule has 6 heteroatoms. The topological polar surface area (TPSA) is 64.1 Å². The summed E-state index contributed by atoms with van der Waals surface area (Å²) in [6, 6.07) is 13.9. The highest BCUT2D eigenvalue weighted by Crippen LogP contribution is 2.35. The van der Waals surface area contributed by atoms with E-state index in [1.54, 1.807) is 0 Å². The highest BCUT2D eigenvalue weighted by molar-refractivity contribution is 7.20. The van der Waals surface area contributed by atoms with E-state index in [-0.39, 0.29) is 5.91 Å². The zero-order chi connectivity index (χ0) is 18.1. The summed E-state index contributed by atoms with van der Waals surface area (Å²) in [5.41, 5.74) is 1.63. The Bertz CT molecular complexity index is 1120. The molecule has 0 atom stereocenters. The van der Waals surface area contributed by atoms with Crippen LogP contribution in [0, 0.1) is 6.92 Å². The van der Waals surface area contributed by atoms with Crippen LogP contribution in [0.3, 0.4) is 0 Å². The minimum Gasteiger partial charge on any atom is -0.477 e. The van der Waals surface area contributed by atoms with Crippen LogP contribution in [0.5, 0.6) is 5.88 Å². The Balaban J connectivity index is 1.75. The predicted molar refractivity (Wildman–Crippen MR) is 105 cm³/mol. The number of nitrogens with zero attached hydrogens (tertiary/aromatic N) is 2. The van der Waals surface area contributed by atoms with Crippen molar-refractivity contribution in [2.75, 3.05) is 11.9 Å². The van der Waals surface area contributed by atoms with Crippen LogP contribution in [0.15, 0.2) is 48.8 Å². The SMILES string of the molecule is CCOc1ncnc2sc(C(=O)Nc3cccc4ccccc34)c(C)c12. The van der Waals surface area contributed by atoms with Crippen molar-refractivity contribution in [3.63, 3.8) is 0 Å². The molecule has 0 aliphatic rings. The Labute approximate surface area is 154 Å². The van der Waals surface area contributed by atoms with E-state index < -0.39 is 0 Å². The van der Waals surface area contributed by atoms with Crippen LogP contribution in [0.1, 0.15) is 22.2 Å². The molecule has 0 aliphatic carbocycles. The molecule has 0 saturated heterocycles. The number of aromatic nitrogens is 2. The maximum absolute atomic E-state index is 12.9. The lowest BCUT2D eigenvalue weighted by Crippen LogP contribution is -2.11. The van der Waals surface area contributed by atoms with Crippen molar-refractivity contribution in [1.29, 1.82) is 0 Å². The second-order valence-corrected chi connectivity index (χ2v) is 6.83. The van der Waals surface area contributed by atoms with Crippen molar-refractivity contribution in [3.05, 3.63) is 59.2 Å². The zero-order valence-electron chi connectivity index (χ0n) is 14.4. The Morgan fingerprint density at radius 1 is 1.15 bits per heavy atom. The van der Waals surface area contributed by atoms with Crippen LogP contribution < -0.4 is 10.1 Å². The average molecular weight is 363 g/mol. The zero-order valence-corrected chi connectivity index (χ0v) is 15.3. The fraction of sp³-hybridized carbons (Fsp3) is 0.150. The third kappa shape index (κ3) is 2.78. The van der Waals surface area contributed by atoms with Gasteiger partial charge in [-0.25, -0.2) is 9.97 Å². The summed E-state index contributed by atoms with van der Waals surface area (Å²) in [5, 5.41) is 5.94. The number of amides is 1. The largest absolute Gasteiger partial charge is 0.477 e. The summed E-state index contributed by atoms with van der Waals surface area (Å²) in [4.78, 5) is 22.8. The molecule has 2 heterocycles. The Morgan fingerprint density at radius 3 is 2.81 bits per heavy atom. The van der Waals surface area contributed by atoms with Crippen molar-refractivity contribution in [2.45, 2.75) is 13.8 Å². The molecule has 0 saturated carbocycles. The monoisotopic (exact) mass is 363 g/mol. The molecule has 4 aromatic rings. The van der Waals surface area contributed by atoms with E-state index in [0.29, 0.717) is 17.4 Å². The van der Waals surface area contributed by atoms with Gasteiger partial charge < -0.3 is 10.1 Å². The Kier molecular flexibility index (Phi) is 4.26. The third-order valence-corrected chi connectivity index (χ3v) is 5.42. The normalized spacial score (nSPS) is 11.0. The van der Waals surface area contributed by atoms with E-state index in [0.717, 1.165) is 32.2 Å². The number of fused-ring (bicyclic) bond motifs is 2. The molecule has 0 radical (unpaired) electrons. The third-order valence-electron chi connectivity index (χ3n) is 4.22. The van der Waals surface area contributed by atoms with Crippen molar-refractivity contribution >= 4 is 43.9 Å². The van der Waals surface area contributed by atoms with Crippen molar-refractivity contribution in [1.82, 2.24) is 9.97 Å². The van der Waals surface area contributed by atoms with E-state index in [9.17, 15) is 4.79 Å². The van der Waals surface area contributed by atoms with E-state index in [1.807, 2.05) is 56.3 Å². The number of hydrogen-bond acceptors (Lipinski definition) is 5. The number of ether oxygens (including phenoxy) is 1. The molecule has 0 fully saturated rings. The number of hydrogen-bond donors (Lipinski definition) is 1. The molecule has 5 nitrogen and oxygen atoms in total. The van der Waals surface area contributed by atoms with Crippen molar-refractivity contribution in [2.24, 2.45) is 0 Å². The number of nitrogens with one attached hydrogen (secondary N) is 1. The summed E-state index contributed by atoms with van der Waals surface area (Å²) in [6.45, 7) is 4.32. The number of anilines is 1. The van der Waals surface area contributed by atoms with Gasteiger partial charge >= 0.3 is 0 Å². The molecule has 1 amide bonds. The molecule has 1 N–H and O–H groups in total. The fourth-order valence-electron chi connectivity index (χ4n) is 3.02. The van der Waals surface area contributed by atoms with E-state index >= 15 is 0 Å². The van der Waals surface area contributed by atoms with Gasteiger partial charge in [-0.1, -0.05) is 36.4 Å². The fourth-order valence-corrected chi connectivity index (χ4v) is 4.05. The molecule has 0 aliphatic heterocycles. The molecule has 130 valence electrons. The summed E-state index contributed by atoms with van der Waals surface area (Å²) >= 11 is 1.35. The first-order chi connectivity index (χ1) is 12.7. The van der Waals surface area contributed by atoms with Crippen LogP contribution in [-0.4, -0.2) is 22.5 Å². The highest BCUT2D eigenvalue weighted by atomic mass is 32.1. The number of carbonyl (C=O) groups excluding carboxylic acids is 1. The van der Waals surface area contributed by atoms with Crippen LogP contribution in [0.4, 0.5) is 5.69 Å². The van der Waals surface area contributed by atoms with Gasteiger partial charge in [-0.15, -0.1) is 11.3 Å². The quantitative estimate of drug-likeness (QED) is 0.565. The van der Waals surface area contributed by atoms with Gasteiger partial charge in [0.15, 0.2) is 0 Å². The predicted octanol–water partition coefficient (Wildman–Crippen LogP) is 4.80. The first-order valence-corrected chi connectivity index (χ1v) is 9.16. The molecule has 26 heavy (non-hydrogen) atoms. The molecule has 0 unspecified atom stereocenters. The molecular weight excluding hydrogens is 346 g/mol. The summed E-state index contributed by atoms with van der Waals surface area (Å²) in [6.07, 6.45) is 1.47. The lowest BCUT2D eigenvalue weighted by Gasteiger charge is -2.08. The Hall–Kier alpha value is -2.99. The first kappa shape index (κ1) is 16.5. The summed E-state index contributed by atoms with van der Waals surface area (Å²) < 4.78 is 5.59. The molecule has 4 rings (SSSR count). The highest BCUT2D eigenvalue weighted by Gasteiger charge is 2.20. The number of rotatable bonds is 4. The van der Waals surface area contributed by atoms with Crippen molar-refractivity contribution < 1.29 is 9.53 Å². The van der Waals surface area contributed by atoms with Crippen molar-refractivity contribution in [3.8, 4) is 5.88 Å². The number of carbonyl (C=O) groups is 1. The van der Waals surface area contributed by atoms with Gasteiger partial charge in [0.2, 0.25) is 5.88 Å². The number of aryl methyl sites for hydroxylation is 1. The van der Waals surface area contributed by atoms with Crippen LogP contribution in [0.2, 0.25) is 0 Å². The van der Waals surface area contributed by atoms with Gasteiger partial charge in [-0.2, -0.15) is 0 Å². The number of thiophene rings is 1. The molecule has 2 aromatic carbocycles. The van der Waals surface area contributed by atoms with Crippen LogP contribution in [-0.2, 0) is 0 Å². The second-order valence-electron chi connectivity index (χ2n) is 5.83. The van der Waals surface area contributed by atoms with Gasteiger partial charge in [0.25, 0.3) is 5.91 Å². The van der Waals surface area contributed by atoms with Gasteiger partial charge in [0.05, 0.1) is 16.9 Å².